The number of hydrogen-bond donors (Lipinski definition) is 0. The van der Waals surface area contributed by atoms with Crippen molar-refractivity contribution in [3.05, 3.63) is 96.1 Å². The summed E-state index contributed by atoms with van der Waals surface area (Å²) in [5, 5.41) is -0.0149. The first-order valence-electron chi connectivity index (χ1n) is 14.2. The minimum Gasteiger partial charge on any atom is -0.497 e. The van der Waals surface area contributed by atoms with Gasteiger partial charge in [-0.25, -0.2) is 4.79 Å². The van der Waals surface area contributed by atoms with E-state index >= 15 is 0 Å². The van der Waals surface area contributed by atoms with Gasteiger partial charge in [0, 0.05) is 12.1 Å². The normalized spacial score (nSPS) is 22.5. The summed E-state index contributed by atoms with van der Waals surface area (Å²) >= 11 is 0. The Kier molecular flexibility index (Phi) is 7.74. The lowest BCUT2D eigenvalue weighted by molar-refractivity contribution is -0.140. The lowest BCUT2D eigenvalue weighted by atomic mass is 9.72. The third kappa shape index (κ3) is 5.26. The lowest BCUT2D eigenvalue weighted by Gasteiger charge is -2.57. The molecule has 7 nitrogen and oxygen atoms in total. The van der Waals surface area contributed by atoms with E-state index in [9.17, 15) is 9.59 Å². The minimum absolute atomic E-state index is 0.0149. The van der Waals surface area contributed by atoms with E-state index in [1.54, 1.807) is 16.9 Å². The van der Waals surface area contributed by atoms with Crippen LogP contribution in [-0.4, -0.2) is 50.5 Å². The first-order chi connectivity index (χ1) is 19.5. The van der Waals surface area contributed by atoms with Crippen molar-refractivity contribution in [1.29, 1.82) is 0 Å². The maximum Gasteiger partial charge on any atom is 0.411 e. The highest BCUT2D eigenvalue weighted by molar-refractivity contribution is 6.74. The van der Waals surface area contributed by atoms with Gasteiger partial charge in [0.2, 0.25) is 0 Å². The second-order valence-electron chi connectivity index (χ2n) is 12.5. The fourth-order valence-electron chi connectivity index (χ4n) is 5.72. The smallest absolute Gasteiger partial charge is 0.411 e. The van der Waals surface area contributed by atoms with Crippen LogP contribution in [-0.2, 0) is 20.6 Å². The molecule has 0 aromatic heterocycles. The van der Waals surface area contributed by atoms with Crippen molar-refractivity contribution < 1.29 is 23.5 Å². The number of rotatable bonds is 7. The van der Waals surface area contributed by atoms with Gasteiger partial charge >= 0.3 is 6.09 Å². The number of β-lactam (4-membered cyclic amide) rings is 1. The molecular formula is C33H40N2O5Si. The number of carbonyl (C=O) groups is 2. The second-order valence-corrected chi connectivity index (χ2v) is 17.2. The number of carbonyl (C=O) groups excluding carboxylic acids is 2. The number of methoxy groups -OCH3 is 1. The zero-order chi connectivity index (χ0) is 29.4. The van der Waals surface area contributed by atoms with Gasteiger partial charge in [-0.05, 0) is 53.5 Å². The number of ether oxygens (including phenoxy) is 2. The van der Waals surface area contributed by atoms with Gasteiger partial charge in [-0.2, -0.15) is 0 Å². The number of benzene rings is 3. The highest BCUT2D eigenvalue weighted by Gasteiger charge is 2.70. The first-order valence-corrected chi connectivity index (χ1v) is 17.1. The maximum atomic E-state index is 14.4. The molecule has 0 saturated carbocycles. The Bertz CT molecular complexity index is 1370. The molecule has 2 aliphatic heterocycles. The lowest BCUT2D eigenvalue weighted by Crippen LogP contribution is -2.74. The van der Waals surface area contributed by atoms with E-state index in [1.165, 1.54) is 0 Å². The van der Waals surface area contributed by atoms with Gasteiger partial charge in [-0.1, -0.05) is 81.4 Å². The van der Waals surface area contributed by atoms with E-state index in [2.05, 4.69) is 33.9 Å². The van der Waals surface area contributed by atoms with E-state index in [-0.39, 0.29) is 23.7 Å². The summed E-state index contributed by atoms with van der Waals surface area (Å²) in [6.45, 7) is 11.4. The van der Waals surface area contributed by atoms with Crippen LogP contribution < -0.4 is 9.64 Å². The van der Waals surface area contributed by atoms with E-state index in [4.69, 9.17) is 13.9 Å². The molecule has 0 aliphatic carbocycles. The Hall–Kier alpha value is -3.62. The molecule has 2 saturated heterocycles. The summed E-state index contributed by atoms with van der Waals surface area (Å²) in [5.41, 5.74) is 1.48. The topological polar surface area (TPSA) is 68.3 Å². The standard InChI is InChI=1S/C33H40N2O5Si/c1-32(2,3)41(5,6)40-28-21-33(34(22-28)31(37)39-23-24-13-9-7-10-14-24)29(25-15-11-8-12-16-25)35(30(33)36)26-17-19-27(38-4)20-18-26/h7-20,28-29H,21-23H2,1-6H3/t28-,29+,33-/m1/s1. The minimum atomic E-state index is -2.19. The Morgan fingerprint density at radius 2 is 1.56 bits per heavy atom. The van der Waals surface area contributed by atoms with Crippen LogP contribution in [0, 0.1) is 0 Å². The molecule has 0 bridgehead atoms. The Balaban J connectivity index is 1.54. The fraction of sp³-hybridized carbons (Fsp3) is 0.394. The molecule has 2 heterocycles. The fourth-order valence-corrected chi connectivity index (χ4v) is 7.06. The molecule has 3 aromatic rings. The molecule has 0 N–H and O–H groups in total. The van der Waals surface area contributed by atoms with Crippen LogP contribution in [0.1, 0.15) is 44.4 Å². The van der Waals surface area contributed by atoms with Crippen LogP contribution in [0.15, 0.2) is 84.9 Å². The molecule has 3 aromatic carbocycles. The summed E-state index contributed by atoms with van der Waals surface area (Å²) in [7, 11) is -0.572. The molecule has 2 fully saturated rings. The quantitative estimate of drug-likeness (QED) is 0.226. The van der Waals surface area contributed by atoms with Crippen LogP contribution in [0.25, 0.3) is 0 Å². The molecule has 5 rings (SSSR count). The zero-order valence-corrected chi connectivity index (χ0v) is 25.8. The molecule has 0 radical (unpaired) electrons. The molecule has 216 valence electrons. The van der Waals surface area contributed by atoms with Crippen LogP contribution in [0.5, 0.6) is 5.75 Å². The average Bonchev–Trinajstić information content (AvgIpc) is 3.35. The first kappa shape index (κ1) is 28.9. The van der Waals surface area contributed by atoms with Gasteiger partial charge in [0.25, 0.3) is 5.91 Å². The number of anilines is 1. The van der Waals surface area contributed by atoms with Gasteiger partial charge < -0.3 is 13.9 Å². The SMILES string of the molecule is COc1ccc(N2C(=O)[C@@]3(C[C@@H](O[Si](C)(C)C(C)(C)C)CN3C(=O)OCc3ccccc3)[C@@H]2c2ccccc2)cc1. The molecule has 2 aliphatic rings. The molecular weight excluding hydrogens is 532 g/mol. The zero-order valence-electron chi connectivity index (χ0n) is 24.8. The van der Waals surface area contributed by atoms with Crippen molar-refractivity contribution in [2.75, 3.05) is 18.6 Å². The monoisotopic (exact) mass is 572 g/mol. The van der Waals surface area contributed by atoms with Crippen molar-refractivity contribution in [3.63, 3.8) is 0 Å². The summed E-state index contributed by atoms with van der Waals surface area (Å²) in [6.07, 6.45) is -0.377. The Morgan fingerprint density at radius 3 is 2.15 bits per heavy atom. The van der Waals surface area contributed by atoms with Crippen LogP contribution in [0.4, 0.5) is 10.5 Å². The van der Waals surface area contributed by atoms with Gasteiger partial charge in [0.15, 0.2) is 13.9 Å². The van der Waals surface area contributed by atoms with Crippen LogP contribution in [0.3, 0.4) is 0 Å². The van der Waals surface area contributed by atoms with Crippen molar-refractivity contribution in [3.8, 4) is 5.75 Å². The largest absolute Gasteiger partial charge is 0.497 e. The average molecular weight is 573 g/mol. The molecule has 2 amide bonds. The van der Waals surface area contributed by atoms with Gasteiger partial charge in [0.05, 0.1) is 25.8 Å². The van der Waals surface area contributed by atoms with Crippen molar-refractivity contribution >= 4 is 26.0 Å². The molecule has 1 spiro atoms. The predicted molar refractivity (Wildman–Crippen MR) is 162 cm³/mol. The Morgan fingerprint density at radius 1 is 0.951 bits per heavy atom. The summed E-state index contributed by atoms with van der Waals surface area (Å²) in [5.74, 6) is 0.581. The second kappa shape index (κ2) is 11.0. The van der Waals surface area contributed by atoms with E-state index in [0.717, 1.165) is 16.8 Å². The van der Waals surface area contributed by atoms with Gasteiger partial charge in [-0.15, -0.1) is 0 Å². The van der Waals surface area contributed by atoms with Gasteiger partial charge in [-0.3, -0.25) is 14.6 Å². The maximum absolute atomic E-state index is 14.4. The van der Waals surface area contributed by atoms with E-state index in [0.29, 0.717) is 18.7 Å². The van der Waals surface area contributed by atoms with Crippen LogP contribution in [0.2, 0.25) is 18.1 Å². The number of amides is 2. The van der Waals surface area contributed by atoms with Crippen molar-refractivity contribution in [2.24, 2.45) is 0 Å². The molecule has 8 heteroatoms. The summed E-state index contributed by atoms with van der Waals surface area (Å²) in [4.78, 5) is 31.7. The van der Waals surface area contributed by atoms with Crippen molar-refractivity contribution in [1.82, 2.24) is 4.90 Å². The molecule has 3 atom stereocenters. The summed E-state index contributed by atoms with van der Waals surface area (Å²) in [6, 6.07) is 26.6. The van der Waals surface area contributed by atoms with Gasteiger partial charge in [0.1, 0.15) is 12.4 Å². The third-order valence-corrected chi connectivity index (χ3v) is 13.4. The van der Waals surface area contributed by atoms with Crippen LogP contribution >= 0.6 is 0 Å². The highest BCUT2D eigenvalue weighted by atomic mass is 28.4. The molecule has 0 unspecified atom stereocenters. The molecule has 41 heavy (non-hydrogen) atoms. The van der Waals surface area contributed by atoms with E-state index in [1.807, 2.05) is 84.9 Å². The number of hydrogen-bond acceptors (Lipinski definition) is 5. The number of likely N-dealkylation sites (tertiary alicyclic amines) is 1. The highest BCUT2D eigenvalue weighted by Crippen LogP contribution is 2.55. The Labute approximate surface area is 244 Å². The third-order valence-electron chi connectivity index (χ3n) is 8.87. The van der Waals surface area contributed by atoms with E-state index < -0.39 is 26.0 Å². The van der Waals surface area contributed by atoms with Crippen molar-refractivity contribution in [2.45, 2.75) is 69.6 Å². The summed E-state index contributed by atoms with van der Waals surface area (Å²) < 4.78 is 18.0. The number of nitrogens with zero attached hydrogens (tertiary/aromatic N) is 2. The predicted octanol–water partition coefficient (Wildman–Crippen LogP) is 6.95.